The van der Waals surface area contributed by atoms with Crippen LogP contribution in [0.5, 0.6) is 11.5 Å². The molecule has 156 valence electrons. The number of methoxy groups -OCH3 is 2. The molecule has 10 heteroatoms. The van der Waals surface area contributed by atoms with Gasteiger partial charge in [0.25, 0.3) is 5.91 Å². The van der Waals surface area contributed by atoms with Crippen LogP contribution >= 0.6 is 23.2 Å². The first kappa shape index (κ1) is 21.7. The Kier molecular flexibility index (Phi) is 6.58. The smallest absolute Gasteiger partial charge is 0.254 e. The fourth-order valence-electron chi connectivity index (χ4n) is 3.03. The van der Waals surface area contributed by atoms with Crippen LogP contribution in [0.1, 0.15) is 10.4 Å². The topological polar surface area (TPSA) is 76.2 Å². The molecule has 1 fully saturated rings. The average Bonchev–Trinajstić information content (AvgIpc) is 2.74. The maximum Gasteiger partial charge on any atom is 0.254 e. The lowest BCUT2D eigenvalue weighted by atomic mass is 10.1. The van der Waals surface area contributed by atoms with Gasteiger partial charge in [0.1, 0.15) is 11.5 Å². The third-order valence-electron chi connectivity index (χ3n) is 4.65. The Labute approximate surface area is 179 Å². The van der Waals surface area contributed by atoms with Gasteiger partial charge in [-0.25, -0.2) is 8.42 Å². The first-order chi connectivity index (χ1) is 13.8. The maximum atomic E-state index is 12.9. The SMILES string of the molecule is COc1cc(OC)cc(C(=O)N2CCN(S(=O)(=O)c3ccc(Cl)c(Cl)c3)CC2)c1. The number of amides is 1. The fourth-order valence-corrected chi connectivity index (χ4v) is 4.84. The summed E-state index contributed by atoms with van der Waals surface area (Å²) in [6, 6.07) is 9.14. The summed E-state index contributed by atoms with van der Waals surface area (Å²) >= 11 is 11.8. The summed E-state index contributed by atoms with van der Waals surface area (Å²) in [6.45, 7) is 0.878. The van der Waals surface area contributed by atoms with Crippen molar-refractivity contribution in [3.8, 4) is 11.5 Å². The Morgan fingerprint density at radius 2 is 1.48 bits per heavy atom. The molecule has 1 saturated heterocycles. The monoisotopic (exact) mass is 458 g/mol. The summed E-state index contributed by atoms with van der Waals surface area (Å²) in [6.07, 6.45) is 0. The summed E-state index contributed by atoms with van der Waals surface area (Å²) in [4.78, 5) is 14.5. The molecule has 0 bridgehead atoms. The third-order valence-corrected chi connectivity index (χ3v) is 7.29. The second-order valence-electron chi connectivity index (χ2n) is 6.37. The Morgan fingerprint density at radius 3 is 2.00 bits per heavy atom. The van der Waals surface area contributed by atoms with Crippen LogP contribution < -0.4 is 9.47 Å². The molecule has 0 aliphatic carbocycles. The van der Waals surface area contributed by atoms with Gasteiger partial charge in [0.15, 0.2) is 0 Å². The van der Waals surface area contributed by atoms with Gasteiger partial charge in [-0.05, 0) is 30.3 Å². The third kappa shape index (κ3) is 4.61. The summed E-state index contributed by atoms with van der Waals surface area (Å²) in [5.41, 5.74) is 0.419. The molecule has 0 spiro atoms. The van der Waals surface area contributed by atoms with Gasteiger partial charge in [0, 0.05) is 37.8 Å². The van der Waals surface area contributed by atoms with Crippen molar-refractivity contribution in [2.75, 3.05) is 40.4 Å². The zero-order chi connectivity index (χ0) is 21.2. The van der Waals surface area contributed by atoms with Crippen LogP contribution in [0.4, 0.5) is 0 Å². The van der Waals surface area contributed by atoms with E-state index < -0.39 is 10.0 Å². The molecule has 29 heavy (non-hydrogen) atoms. The van der Waals surface area contributed by atoms with Crippen molar-refractivity contribution < 1.29 is 22.7 Å². The number of sulfonamides is 1. The number of hydrogen-bond acceptors (Lipinski definition) is 5. The zero-order valence-corrected chi connectivity index (χ0v) is 18.2. The normalized spacial score (nSPS) is 15.2. The number of nitrogens with zero attached hydrogens (tertiary/aromatic N) is 2. The standard InChI is InChI=1S/C19H20Cl2N2O5S/c1-27-14-9-13(10-15(11-14)28-2)19(24)22-5-7-23(8-6-22)29(25,26)16-3-4-17(20)18(21)12-16/h3-4,9-12H,5-8H2,1-2H3. The van der Waals surface area contributed by atoms with Gasteiger partial charge in [-0.1, -0.05) is 23.2 Å². The summed E-state index contributed by atoms with van der Waals surface area (Å²) in [7, 11) is -0.705. The lowest BCUT2D eigenvalue weighted by Crippen LogP contribution is -2.50. The van der Waals surface area contributed by atoms with Crippen molar-refractivity contribution in [2.24, 2.45) is 0 Å². The molecule has 0 unspecified atom stereocenters. The van der Waals surface area contributed by atoms with Crippen LogP contribution in [0, 0.1) is 0 Å². The minimum absolute atomic E-state index is 0.0733. The first-order valence-electron chi connectivity index (χ1n) is 8.74. The van der Waals surface area contributed by atoms with E-state index in [9.17, 15) is 13.2 Å². The first-order valence-corrected chi connectivity index (χ1v) is 10.9. The Bertz CT molecular complexity index is 999. The highest BCUT2D eigenvalue weighted by Gasteiger charge is 2.31. The van der Waals surface area contributed by atoms with Crippen molar-refractivity contribution in [2.45, 2.75) is 4.90 Å². The van der Waals surface area contributed by atoms with Gasteiger partial charge in [-0.15, -0.1) is 0 Å². The number of rotatable bonds is 5. The molecule has 1 heterocycles. The quantitative estimate of drug-likeness (QED) is 0.687. The molecule has 0 radical (unpaired) electrons. The van der Waals surface area contributed by atoms with Crippen LogP contribution in [0.25, 0.3) is 0 Å². The molecule has 1 amide bonds. The van der Waals surface area contributed by atoms with E-state index in [1.54, 1.807) is 23.1 Å². The van der Waals surface area contributed by atoms with Crippen molar-refractivity contribution in [3.05, 3.63) is 52.0 Å². The van der Waals surface area contributed by atoms with Gasteiger partial charge < -0.3 is 14.4 Å². The molecule has 1 aliphatic heterocycles. The van der Waals surface area contributed by atoms with E-state index in [0.29, 0.717) is 17.1 Å². The molecule has 0 N–H and O–H groups in total. The number of benzene rings is 2. The van der Waals surface area contributed by atoms with E-state index >= 15 is 0 Å². The van der Waals surface area contributed by atoms with Crippen molar-refractivity contribution >= 4 is 39.1 Å². The van der Waals surface area contributed by atoms with Crippen LogP contribution in [-0.2, 0) is 10.0 Å². The number of piperazine rings is 1. The lowest BCUT2D eigenvalue weighted by Gasteiger charge is -2.34. The summed E-state index contributed by atoms with van der Waals surface area (Å²) in [5.74, 6) is 0.802. The van der Waals surface area contributed by atoms with Crippen LogP contribution in [0.2, 0.25) is 10.0 Å². The lowest BCUT2D eigenvalue weighted by molar-refractivity contribution is 0.0697. The highest BCUT2D eigenvalue weighted by atomic mass is 35.5. The van der Waals surface area contributed by atoms with Crippen molar-refractivity contribution in [1.29, 1.82) is 0 Å². The number of ether oxygens (including phenoxy) is 2. The predicted octanol–water partition coefficient (Wildman–Crippen LogP) is 3.16. The average molecular weight is 459 g/mol. The second-order valence-corrected chi connectivity index (χ2v) is 9.13. The van der Waals surface area contributed by atoms with Gasteiger partial charge >= 0.3 is 0 Å². The Morgan fingerprint density at radius 1 is 0.897 bits per heavy atom. The molecule has 0 atom stereocenters. The zero-order valence-electron chi connectivity index (χ0n) is 15.9. The molecule has 0 aromatic heterocycles. The summed E-state index contributed by atoms with van der Waals surface area (Å²) in [5, 5.41) is 0.461. The van der Waals surface area contributed by atoms with Gasteiger partial charge in [-0.2, -0.15) is 4.31 Å². The van der Waals surface area contributed by atoms with Gasteiger partial charge in [0.05, 0.1) is 29.2 Å². The van der Waals surface area contributed by atoms with Crippen molar-refractivity contribution in [3.63, 3.8) is 0 Å². The number of hydrogen-bond donors (Lipinski definition) is 0. The molecule has 3 rings (SSSR count). The van der Waals surface area contributed by atoms with Crippen molar-refractivity contribution in [1.82, 2.24) is 9.21 Å². The van der Waals surface area contributed by atoms with Gasteiger partial charge in [0.2, 0.25) is 10.0 Å². The maximum absolute atomic E-state index is 12.9. The summed E-state index contributed by atoms with van der Waals surface area (Å²) < 4.78 is 37.5. The largest absolute Gasteiger partial charge is 0.497 e. The van der Waals surface area contributed by atoms with Gasteiger partial charge in [-0.3, -0.25) is 4.79 Å². The van der Waals surface area contributed by atoms with E-state index in [0.717, 1.165) is 0 Å². The second kappa shape index (κ2) is 8.79. The Hall–Kier alpha value is -2.00. The molecule has 2 aromatic rings. The molecule has 7 nitrogen and oxygen atoms in total. The fraction of sp³-hybridized carbons (Fsp3) is 0.316. The van der Waals surface area contributed by atoms with E-state index in [4.69, 9.17) is 32.7 Å². The minimum Gasteiger partial charge on any atom is -0.497 e. The Balaban J connectivity index is 1.73. The number of carbonyl (C=O) groups excluding carboxylic acids is 1. The molecular weight excluding hydrogens is 439 g/mol. The van der Waals surface area contributed by atoms with Crippen LogP contribution in [-0.4, -0.2) is 63.9 Å². The number of halogens is 2. The number of carbonyl (C=O) groups is 1. The van der Waals surface area contributed by atoms with E-state index in [2.05, 4.69) is 0 Å². The van der Waals surface area contributed by atoms with E-state index in [1.807, 2.05) is 0 Å². The highest BCUT2D eigenvalue weighted by Crippen LogP contribution is 2.28. The predicted molar refractivity (Wildman–Crippen MR) is 111 cm³/mol. The molecular formula is C19H20Cl2N2O5S. The molecule has 0 saturated carbocycles. The van der Waals surface area contributed by atoms with E-state index in [-0.39, 0.29) is 47.0 Å². The van der Waals surface area contributed by atoms with Crippen LogP contribution in [0.15, 0.2) is 41.3 Å². The highest BCUT2D eigenvalue weighted by molar-refractivity contribution is 7.89. The molecule has 2 aromatic carbocycles. The minimum atomic E-state index is -3.72. The molecule has 1 aliphatic rings. The van der Waals surface area contributed by atoms with Crippen LogP contribution in [0.3, 0.4) is 0 Å². The van der Waals surface area contributed by atoms with E-state index in [1.165, 1.54) is 36.7 Å².